The maximum absolute atomic E-state index is 11.4. The van der Waals surface area contributed by atoms with Gasteiger partial charge < -0.3 is 16.8 Å². The number of nitrogens with two attached hydrogens (primary N) is 2. The number of anilines is 2. The van der Waals surface area contributed by atoms with Crippen molar-refractivity contribution in [3.8, 4) is 23.0 Å². The SMILES string of the molecule is CNC(=O)C#Cc1c(-c2ccc3[nH]nc(N)c3c2)ccnc1N. The van der Waals surface area contributed by atoms with Crippen LogP contribution in [-0.2, 0) is 4.79 Å². The number of carbonyl (C=O) groups excluding carboxylic acids is 1. The molecule has 0 aliphatic rings. The van der Waals surface area contributed by atoms with Crippen LogP contribution < -0.4 is 16.8 Å². The summed E-state index contributed by atoms with van der Waals surface area (Å²) in [7, 11) is 1.51. The molecule has 6 N–H and O–H groups in total. The van der Waals surface area contributed by atoms with Gasteiger partial charge in [0.05, 0.1) is 11.1 Å². The first-order chi connectivity index (χ1) is 11.1. The number of aromatic nitrogens is 3. The van der Waals surface area contributed by atoms with Crippen LogP contribution in [0.4, 0.5) is 11.6 Å². The monoisotopic (exact) mass is 306 g/mol. The molecule has 7 heteroatoms. The summed E-state index contributed by atoms with van der Waals surface area (Å²) in [4.78, 5) is 15.4. The summed E-state index contributed by atoms with van der Waals surface area (Å²) in [5.41, 5.74) is 14.7. The Hall–Kier alpha value is -3.53. The Morgan fingerprint density at radius 1 is 1.26 bits per heavy atom. The number of hydrogen-bond acceptors (Lipinski definition) is 5. The zero-order valence-electron chi connectivity index (χ0n) is 12.3. The summed E-state index contributed by atoms with van der Waals surface area (Å²) in [5, 5.41) is 10.1. The van der Waals surface area contributed by atoms with Gasteiger partial charge in [0.25, 0.3) is 5.91 Å². The van der Waals surface area contributed by atoms with E-state index < -0.39 is 5.91 Å². The van der Waals surface area contributed by atoms with Crippen molar-refractivity contribution >= 4 is 28.4 Å². The van der Waals surface area contributed by atoms with Crippen LogP contribution in [0.2, 0.25) is 0 Å². The maximum atomic E-state index is 11.4. The van der Waals surface area contributed by atoms with Crippen molar-refractivity contribution in [1.82, 2.24) is 20.5 Å². The van der Waals surface area contributed by atoms with Crippen molar-refractivity contribution in [1.29, 1.82) is 0 Å². The molecule has 0 fully saturated rings. The van der Waals surface area contributed by atoms with Gasteiger partial charge in [-0.05, 0) is 23.8 Å². The number of fused-ring (bicyclic) bond motifs is 1. The Kier molecular flexibility index (Phi) is 3.57. The standard InChI is InChI=1S/C16H14N6O/c1-19-14(23)5-3-11-10(6-7-20-15(11)17)9-2-4-13-12(8-9)16(18)22-21-13/h2,4,6-8H,1H3,(H2,17,20)(H,19,23)(H3,18,21,22). The van der Waals surface area contributed by atoms with E-state index in [1.165, 1.54) is 7.05 Å². The lowest BCUT2D eigenvalue weighted by molar-refractivity contribution is -0.115. The molecule has 1 amide bonds. The topological polar surface area (TPSA) is 123 Å². The fraction of sp³-hybridized carbons (Fsp3) is 0.0625. The van der Waals surface area contributed by atoms with E-state index in [4.69, 9.17) is 11.5 Å². The Morgan fingerprint density at radius 2 is 2.09 bits per heavy atom. The Balaban J connectivity index is 2.17. The highest BCUT2D eigenvalue weighted by Gasteiger charge is 2.10. The third-order valence-corrected chi connectivity index (χ3v) is 3.41. The Labute approximate surface area is 132 Å². The number of nitrogens with one attached hydrogen (secondary N) is 2. The number of benzene rings is 1. The van der Waals surface area contributed by atoms with Gasteiger partial charge in [-0.25, -0.2) is 4.98 Å². The number of hydrogen-bond donors (Lipinski definition) is 4. The third-order valence-electron chi connectivity index (χ3n) is 3.41. The number of nitrogens with zero attached hydrogens (tertiary/aromatic N) is 2. The summed E-state index contributed by atoms with van der Waals surface area (Å²) in [6.07, 6.45) is 1.60. The average Bonchev–Trinajstić information content (AvgIpc) is 2.94. The first-order valence-corrected chi connectivity index (χ1v) is 6.82. The minimum Gasteiger partial charge on any atom is -0.383 e. The first-order valence-electron chi connectivity index (χ1n) is 6.82. The first kappa shape index (κ1) is 14.4. The van der Waals surface area contributed by atoms with Gasteiger partial charge >= 0.3 is 0 Å². The van der Waals surface area contributed by atoms with Crippen LogP contribution in [0.15, 0.2) is 30.5 Å². The van der Waals surface area contributed by atoms with E-state index in [-0.39, 0.29) is 5.82 Å². The zero-order chi connectivity index (χ0) is 16.4. The van der Waals surface area contributed by atoms with Crippen molar-refractivity contribution in [3.05, 3.63) is 36.0 Å². The van der Waals surface area contributed by atoms with E-state index in [1.807, 2.05) is 18.2 Å². The molecule has 0 aliphatic heterocycles. The molecule has 0 unspecified atom stereocenters. The van der Waals surface area contributed by atoms with Crippen LogP contribution in [0.3, 0.4) is 0 Å². The third kappa shape index (κ3) is 2.65. The molecule has 2 heterocycles. The van der Waals surface area contributed by atoms with E-state index in [2.05, 4.69) is 32.3 Å². The predicted molar refractivity (Wildman–Crippen MR) is 89.1 cm³/mol. The van der Waals surface area contributed by atoms with Gasteiger partial charge in [0, 0.05) is 30.1 Å². The Morgan fingerprint density at radius 3 is 2.87 bits per heavy atom. The molecule has 3 rings (SSSR count). The molecule has 2 aromatic heterocycles. The van der Waals surface area contributed by atoms with Crippen molar-refractivity contribution in [2.24, 2.45) is 0 Å². The fourth-order valence-corrected chi connectivity index (χ4v) is 2.23. The number of H-pyrrole nitrogens is 1. The molecule has 23 heavy (non-hydrogen) atoms. The van der Waals surface area contributed by atoms with E-state index >= 15 is 0 Å². The van der Waals surface area contributed by atoms with Crippen molar-refractivity contribution in [3.63, 3.8) is 0 Å². The van der Waals surface area contributed by atoms with Crippen molar-refractivity contribution in [2.45, 2.75) is 0 Å². The number of aromatic amines is 1. The largest absolute Gasteiger partial charge is 0.383 e. The second-order valence-corrected chi connectivity index (χ2v) is 4.82. The average molecular weight is 306 g/mol. The molecular formula is C16H14N6O. The van der Waals surface area contributed by atoms with Crippen LogP contribution in [0.25, 0.3) is 22.0 Å². The van der Waals surface area contributed by atoms with Crippen LogP contribution >= 0.6 is 0 Å². The minimum atomic E-state index is -0.395. The van der Waals surface area contributed by atoms with Gasteiger partial charge in [-0.1, -0.05) is 12.0 Å². The second-order valence-electron chi connectivity index (χ2n) is 4.82. The van der Waals surface area contributed by atoms with Crippen LogP contribution in [0.1, 0.15) is 5.56 Å². The molecule has 0 atom stereocenters. The van der Waals surface area contributed by atoms with E-state index in [9.17, 15) is 4.79 Å². The second kappa shape index (κ2) is 5.69. The summed E-state index contributed by atoms with van der Waals surface area (Å²) in [5.74, 6) is 5.55. The number of nitrogen functional groups attached to an aromatic ring is 2. The van der Waals surface area contributed by atoms with Gasteiger partial charge in [0.15, 0.2) is 5.82 Å². The minimum absolute atomic E-state index is 0.263. The number of carbonyl (C=O) groups is 1. The van der Waals surface area contributed by atoms with Crippen LogP contribution in [0, 0.1) is 11.8 Å². The summed E-state index contributed by atoms with van der Waals surface area (Å²) in [6.45, 7) is 0. The molecule has 0 spiro atoms. The lowest BCUT2D eigenvalue weighted by atomic mass is 9.99. The molecule has 0 radical (unpaired) electrons. The summed E-state index contributed by atoms with van der Waals surface area (Å²) in [6, 6.07) is 7.47. The molecule has 0 saturated carbocycles. The van der Waals surface area contributed by atoms with Gasteiger partial charge in [0.1, 0.15) is 5.82 Å². The molecule has 3 aromatic rings. The highest BCUT2D eigenvalue weighted by atomic mass is 16.1. The van der Waals surface area contributed by atoms with Crippen molar-refractivity contribution in [2.75, 3.05) is 18.5 Å². The number of rotatable bonds is 1. The van der Waals surface area contributed by atoms with Crippen LogP contribution in [0.5, 0.6) is 0 Å². The highest BCUT2D eigenvalue weighted by Crippen LogP contribution is 2.29. The van der Waals surface area contributed by atoms with Crippen molar-refractivity contribution < 1.29 is 4.79 Å². The van der Waals surface area contributed by atoms with E-state index in [0.29, 0.717) is 11.4 Å². The fourth-order valence-electron chi connectivity index (χ4n) is 2.23. The Bertz CT molecular complexity index is 964. The number of amides is 1. The summed E-state index contributed by atoms with van der Waals surface area (Å²) < 4.78 is 0. The lowest BCUT2D eigenvalue weighted by Crippen LogP contribution is -2.14. The quantitative estimate of drug-likeness (QED) is 0.497. The van der Waals surface area contributed by atoms with Crippen LogP contribution in [-0.4, -0.2) is 28.1 Å². The molecule has 0 bridgehead atoms. The lowest BCUT2D eigenvalue weighted by Gasteiger charge is -2.07. The predicted octanol–water partition coefficient (Wildman–Crippen LogP) is 0.887. The highest BCUT2D eigenvalue weighted by molar-refractivity contribution is 5.96. The maximum Gasteiger partial charge on any atom is 0.295 e. The molecule has 1 aromatic carbocycles. The van der Waals surface area contributed by atoms with E-state index in [1.54, 1.807) is 12.3 Å². The number of pyridine rings is 1. The zero-order valence-corrected chi connectivity index (χ0v) is 12.3. The molecule has 0 aliphatic carbocycles. The summed E-state index contributed by atoms with van der Waals surface area (Å²) >= 11 is 0. The molecule has 7 nitrogen and oxygen atoms in total. The van der Waals surface area contributed by atoms with Gasteiger partial charge in [-0.15, -0.1) is 0 Å². The van der Waals surface area contributed by atoms with Gasteiger partial charge in [-0.2, -0.15) is 5.10 Å². The van der Waals surface area contributed by atoms with Gasteiger partial charge in [-0.3, -0.25) is 9.89 Å². The molecule has 114 valence electrons. The van der Waals surface area contributed by atoms with Gasteiger partial charge in [0.2, 0.25) is 0 Å². The molecular weight excluding hydrogens is 292 g/mol. The normalized spacial score (nSPS) is 10.1. The smallest absolute Gasteiger partial charge is 0.295 e. The molecule has 0 saturated heterocycles. The van der Waals surface area contributed by atoms with E-state index in [0.717, 1.165) is 22.0 Å².